The normalized spacial score (nSPS) is 14.1. The van der Waals surface area contributed by atoms with Gasteiger partial charge in [-0.05, 0) is 169 Å². The minimum absolute atomic E-state index is 0.171. The summed E-state index contributed by atoms with van der Waals surface area (Å²) in [6.07, 6.45) is 0. The molecule has 0 heterocycles. The summed E-state index contributed by atoms with van der Waals surface area (Å²) >= 11 is 0. The van der Waals surface area contributed by atoms with E-state index >= 15 is 0 Å². The fourth-order valence-corrected chi connectivity index (χ4v) is 14.0. The molecule has 0 saturated heterocycles. The molecule has 0 radical (unpaired) electrons. The minimum Gasteiger partial charge on any atom is -0.310 e. The van der Waals surface area contributed by atoms with Crippen molar-refractivity contribution in [3.63, 3.8) is 0 Å². The molecule has 0 amide bonds. The number of anilines is 3. The summed E-state index contributed by atoms with van der Waals surface area (Å²) in [5, 5.41) is 12.5. The second kappa shape index (κ2) is 14.8. The number of fused-ring (bicyclic) bond motifs is 22. The zero-order valence-electron chi connectivity index (χ0n) is 40.6. The highest BCUT2D eigenvalue weighted by molar-refractivity contribution is 6.26. The van der Waals surface area contributed by atoms with Gasteiger partial charge in [-0.3, -0.25) is 0 Å². The van der Waals surface area contributed by atoms with E-state index in [1.807, 2.05) is 0 Å². The lowest BCUT2D eigenvalue weighted by molar-refractivity contribution is 0.660. The second-order valence-corrected chi connectivity index (χ2v) is 21.1. The Labute approximate surface area is 424 Å². The third-order valence-corrected chi connectivity index (χ3v) is 17.2. The van der Waals surface area contributed by atoms with Crippen LogP contribution in [0.3, 0.4) is 0 Å². The number of hydrogen-bond donors (Lipinski definition) is 0. The van der Waals surface area contributed by atoms with Gasteiger partial charge >= 0.3 is 0 Å². The Balaban J connectivity index is 1.05. The van der Waals surface area contributed by atoms with Gasteiger partial charge in [0.1, 0.15) is 0 Å². The molecule has 0 aromatic heterocycles. The quantitative estimate of drug-likeness (QED) is 0.159. The SMILES string of the molecule is CC1(C)c2ccccc2-c2ccc(-c3cc4c(cc3N(c3ccc5c(ccc6ccccc65)c3)c3ccc5c6ccccc6c6ccccc6c5c3)C3(c5ccccc5-c5ccccc53)c3ccccc3-4)cc21. The van der Waals surface area contributed by atoms with E-state index in [0.717, 1.165) is 17.1 Å². The van der Waals surface area contributed by atoms with Gasteiger partial charge in [0.25, 0.3) is 0 Å². The van der Waals surface area contributed by atoms with Crippen molar-refractivity contribution < 1.29 is 0 Å². The van der Waals surface area contributed by atoms with Crippen LogP contribution in [0.4, 0.5) is 17.1 Å². The van der Waals surface area contributed by atoms with E-state index in [1.165, 1.54) is 132 Å². The molecule has 0 aliphatic heterocycles. The predicted molar refractivity (Wildman–Crippen MR) is 308 cm³/mol. The molecule has 0 bridgehead atoms. The second-order valence-electron chi connectivity index (χ2n) is 21.1. The zero-order valence-corrected chi connectivity index (χ0v) is 40.6. The molecule has 0 atom stereocenters. The van der Waals surface area contributed by atoms with Crippen LogP contribution in [0.5, 0.6) is 0 Å². The zero-order chi connectivity index (χ0) is 48.2. The lowest BCUT2D eigenvalue weighted by atomic mass is 9.70. The van der Waals surface area contributed by atoms with Gasteiger partial charge in [-0.1, -0.05) is 220 Å². The van der Waals surface area contributed by atoms with Crippen molar-refractivity contribution >= 4 is 70.9 Å². The Bertz CT molecular complexity index is 4470. The van der Waals surface area contributed by atoms with E-state index in [9.17, 15) is 0 Å². The molecule has 16 rings (SSSR count). The predicted octanol–water partition coefficient (Wildman–Crippen LogP) is 19.2. The first-order valence-electron chi connectivity index (χ1n) is 25.7. The summed E-state index contributed by atoms with van der Waals surface area (Å²) in [7, 11) is 0. The van der Waals surface area contributed by atoms with E-state index in [2.05, 4.69) is 267 Å². The van der Waals surface area contributed by atoms with Crippen LogP contribution >= 0.6 is 0 Å². The highest BCUT2D eigenvalue weighted by Crippen LogP contribution is 2.64. The van der Waals surface area contributed by atoms with Crippen LogP contribution in [-0.4, -0.2) is 0 Å². The summed E-state index contributed by atoms with van der Waals surface area (Å²) in [4.78, 5) is 2.59. The van der Waals surface area contributed by atoms with Crippen LogP contribution in [0.2, 0.25) is 0 Å². The molecule has 1 nitrogen and oxygen atoms in total. The molecule has 0 fully saturated rings. The maximum absolute atomic E-state index is 2.60. The van der Waals surface area contributed by atoms with E-state index < -0.39 is 5.41 Å². The number of benzene rings is 13. The molecule has 13 aromatic carbocycles. The Morgan fingerprint density at radius 1 is 0.260 bits per heavy atom. The van der Waals surface area contributed by atoms with E-state index in [-0.39, 0.29) is 5.41 Å². The van der Waals surface area contributed by atoms with Gasteiger partial charge in [-0.15, -0.1) is 0 Å². The van der Waals surface area contributed by atoms with Gasteiger partial charge in [-0.25, -0.2) is 0 Å². The van der Waals surface area contributed by atoms with Crippen LogP contribution in [-0.2, 0) is 10.8 Å². The third kappa shape index (κ3) is 5.41. The van der Waals surface area contributed by atoms with Gasteiger partial charge in [0.2, 0.25) is 0 Å². The van der Waals surface area contributed by atoms with Crippen molar-refractivity contribution in [2.75, 3.05) is 4.90 Å². The largest absolute Gasteiger partial charge is 0.310 e. The van der Waals surface area contributed by atoms with Crippen molar-refractivity contribution in [2.24, 2.45) is 0 Å². The van der Waals surface area contributed by atoms with E-state index in [4.69, 9.17) is 0 Å². The molecule has 340 valence electrons. The summed E-state index contributed by atoms with van der Waals surface area (Å²) in [6.45, 7) is 4.79. The van der Waals surface area contributed by atoms with Crippen LogP contribution in [0.25, 0.3) is 98.4 Å². The van der Waals surface area contributed by atoms with Crippen molar-refractivity contribution in [3.05, 3.63) is 282 Å². The lowest BCUT2D eigenvalue weighted by Crippen LogP contribution is -2.26. The van der Waals surface area contributed by atoms with Gasteiger partial charge in [0.15, 0.2) is 0 Å². The standard InChI is InChI=1S/C72H47N/c1-71(2)64-27-13-9-23-56(64)60-36-33-46(40-68(60)71)61-42-63-59-26-12-16-30-67(59)72(65-28-14-10-24-57(65)58-25-11-15-29-66(58)72)69(63)43-70(61)73(47-34-37-50-45(39-47)32-31-44-17-3-4-18-49(44)50)48-35-38-55-53-21-6-5-19-51(53)52-20-7-8-22-54(52)62(55)41-48/h3-43H,1-2H3. The third-order valence-electron chi connectivity index (χ3n) is 17.2. The molecular formula is C72H47N. The van der Waals surface area contributed by atoms with Crippen molar-refractivity contribution in [1.82, 2.24) is 0 Å². The Morgan fingerprint density at radius 3 is 1.36 bits per heavy atom. The maximum atomic E-state index is 2.60. The number of hydrogen-bond acceptors (Lipinski definition) is 1. The lowest BCUT2D eigenvalue weighted by Gasteiger charge is -2.33. The van der Waals surface area contributed by atoms with Gasteiger partial charge < -0.3 is 4.90 Å². The molecule has 3 aliphatic rings. The van der Waals surface area contributed by atoms with Crippen LogP contribution in [0, 0.1) is 0 Å². The first-order valence-corrected chi connectivity index (χ1v) is 25.7. The molecule has 0 unspecified atom stereocenters. The maximum Gasteiger partial charge on any atom is 0.0726 e. The molecule has 0 N–H and O–H groups in total. The topological polar surface area (TPSA) is 3.24 Å². The molecule has 3 aliphatic carbocycles. The van der Waals surface area contributed by atoms with Crippen molar-refractivity contribution in [3.8, 4) is 44.5 Å². The molecule has 0 saturated carbocycles. The fraction of sp³-hybridized carbons (Fsp3) is 0.0556. The van der Waals surface area contributed by atoms with Gasteiger partial charge in [0.05, 0.1) is 11.1 Å². The Morgan fingerprint density at radius 2 is 0.712 bits per heavy atom. The summed E-state index contributed by atoms with van der Waals surface area (Å²) in [6, 6.07) is 94.6. The summed E-state index contributed by atoms with van der Waals surface area (Å²) in [5.41, 5.74) is 21.0. The van der Waals surface area contributed by atoms with Crippen molar-refractivity contribution in [2.45, 2.75) is 24.7 Å². The molecule has 73 heavy (non-hydrogen) atoms. The molecule has 13 aromatic rings. The average Bonchev–Trinajstić information content (AvgIpc) is 4.00. The molecule has 1 spiro atoms. The summed E-state index contributed by atoms with van der Waals surface area (Å²) in [5.74, 6) is 0. The Hall–Kier alpha value is -9.04. The van der Waals surface area contributed by atoms with E-state index in [1.54, 1.807) is 0 Å². The average molecular weight is 926 g/mol. The van der Waals surface area contributed by atoms with Crippen LogP contribution in [0.1, 0.15) is 47.2 Å². The smallest absolute Gasteiger partial charge is 0.0726 e. The first-order chi connectivity index (χ1) is 36.0. The van der Waals surface area contributed by atoms with Crippen LogP contribution in [0.15, 0.2) is 249 Å². The monoisotopic (exact) mass is 925 g/mol. The fourth-order valence-electron chi connectivity index (χ4n) is 14.0. The first kappa shape index (κ1) is 40.7. The van der Waals surface area contributed by atoms with Crippen molar-refractivity contribution in [1.29, 1.82) is 0 Å². The van der Waals surface area contributed by atoms with Gasteiger partial charge in [0, 0.05) is 22.4 Å². The highest BCUT2D eigenvalue weighted by atomic mass is 15.1. The molecule has 1 heteroatoms. The number of rotatable bonds is 4. The van der Waals surface area contributed by atoms with E-state index in [0.29, 0.717) is 0 Å². The molecular weight excluding hydrogens is 879 g/mol. The highest BCUT2D eigenvalue weighted by Gasteiger charge is 2.52. The number of nitrogens with zero attached hydrogens (tertiary/aromatic N) is 1. The summed E-state index contributed by atoms with van der Waals surface area (Å²) < 4.78 is 0. The van der Waals surface area contributed by atoms with Gasteiger partial charge in [-0.2, -0.15) is 0 Å². The Kier molecular flexibility index (Phi) is 8.22. The van der Waals surface area contributed by atoms with Crippen LogP contribution < -0.4 is 4.90 Å². The minimum atomic E-state index is -0.527.